The Kier molecular flexibility index (Phi) is 4.14. The van der Waals surface area contributed by atoms with E-state index in [0.717, 1.165) is 22.6 Å². The summed E-state index contributed by atoms with van der Waals surface area (Å²) >= 11 is 0. The van der Waals surface area contributed by atoms with Gasteiger partial charge in [-0.2, -0.15) is 0 Å². The van der Waals surface area contributed by atoms with E-state index < -0.39 is 0 Å². The number of rotatable bonds is 3. The zero-order valence-electron chi connectivity index (χ0n) is 11.3. The van der Waals surface area contributed by atoms with E-state index in [-0.39, 0.29) is 0 Å². The number of hydrogen-bond donors (Lipinski definition) is 0. The van der Waals surface area contributed by atoms with Crippen LogP contribution in [0.1, 0.15) is 12.5 Å². The van der Waals surface area contributed by atoms with Crippen LogP contribution < -0.4 is 4.74 Å². The quantitative estimate of drug-likeness (QED) is 0.573. The van der Waals surface area contributed by atoms with Crippen molar-refractivity contribution >= 4 is 11.6 Å². The first kappa shape index (κ1) is 13.1. The van der Waals surface area contributed by atoms with Gasteiger partial charge in [-0.15, -0.1) is 0 Å². The van der Waals surface area contributed by atoms with E-state index in [1.807, 2.05) is 68.4 Å². The number of benzene rings is 2. The number of aliphatic imine (C=N–C) groups is 1. The van der Waals surface area contributed by atoms with Gasteiger partial charge in [-0.25, -0.2) is 4.99 Å². The van der Waals surface area contributed by atoms with Gasteiger partial charge in [0, 0.05) is 5.57 Å². The standard InChI is InChI=1S/C17H17NO/c1-13(2)17(18-15-9-5-4-6-10-15)19-16-11-7-8-14(3)12-16/h4-12H,1H2,2-3H3. The molecule has 0 aromatic heterocycles. The minimum Gasteiger partial charge on any atom is -0.439 e. The minimum atomic E-state index is 0.539. The van der Waals surface area contributed by atoms with Crippen LogP contribution >= 0.6 is 0 Å². The van der Waals surface area contributed by atoms with E-state index >= 15 is 0 Å². The number of hydrogen-bond acceptors (Lipinski definition) is 2. The number of nitrogens with zero attached hydrogens (tertiary/aromatic N) is 1. The molecular formula is C17H17NO. The van der Waals surface area contributed by atoms with Crippen LogP contribution in [0.25, 0.3) is 0 Å². The van der Waals surface area contributed by atoms with Crippen LogP contribution in [0, 0.1) is 6.92 Å². The highest BCUT2D eigenvalue weighted by Gasteiger charge is 2.04. The van der Waals surface area contributed by atoms with Crippen molar-refractivity contribution in [1.29, 1.82) is 0 Å². The summed E-state index contributed by atoms with van der Waals surface area (Å²) in [6.45, 7) is 7.83. The summed E-state index contributed by atoms with van der Waals surface area (Å²) in [5.74, 6) is 1.31. The lowest BCUT2D eigenvalue weighted by Crippen LogP contribution is -2.09. The smallest absolute Gasteiger partial charge is 0.222 e. The van der Waals surface area contributed by atoms with Crippen molar-refractivity contribution in [2.24, 2.45) is 4.99 Å². The van der Waals surface area contributed by atoms with E-state index in [9.17, 15) is 0 Å². The fourth-order valence-corrected chi connectivity index (χ4v) is 1.62. The maximum absolute atomic E-state index is 5.81. The van der Waals surface area contributed by atoms with Crippen LogP contribution in [0.15, 0.2) is 71.7 Å². The zero-order chi connectivity index (χ0) is 13.7. The van der Waals surface area contributed by atoms with Gasteiger partial charge >= 0.3 is 0 Å². The Balaban J connectivity index is 2.27. The van der Waals surface area contributed by atoms with Crippen LogP contribution in [0.3, 0.4) is 0 Å². The topological polar surface area (TPSA) is 21.6 Å². The predicted molar refractivity (Wildman–Crippen MR) is 80.2 cm³/mol. The number of aryl methyl sites for hydroxylation is 1. The maximum atomic E-state index is 5.81. The van der Waals surface area contributed by atoms with Gasteiger partial charge in [0.05, 0.1) is 5.69 Å². The molecule has 0 saturated heterocycles. The van der Waals surface area contributed by atoms with Gasteiger partial charge in [0.1, 0.15) is 5.75 Å². The SMILES string of the molecule is C=C(C)C(=Nc1ccccc1)Oc1cccc(C)c1. The molecule has 0 aliphatic rings. The maximum Gasteiger partial charge on any atom is 0.222 e. The van der Waals surface area contributed by atoms with Crippen LogP contribution in [-0.4, -0.2) is 5.90 Å². The molecule has 0 bridgehead atoms. The number of para-hydroxylation sites is 1. The van der Waals surface area contributed by atoms with E-state index in [0.29, 0.717) is 5.90 Å². The third-order valence-corrected chi connectivity index (χ3v) is 2.56. The fourth-order valence-electron chi connectivity index (χ4n) is 1.62. The van der Waals surface area contributed by atoms with Crippen LogP contribution in [-0.2, 0) is 0 Å². The highest BCUT2D eigenvalue weighted by Crippen LogP contribution is 2.17. The molecule has 0 aliphatic carbocycles. The van der Waals surface area contributed by atoms with Crippen LogP contribution in [0.5, 0.6) is 5.75 Å². The fraction of sp³-hybridized carbons (Fsp3) is 0.118. The average Bonchev–Trinajstić information content (AvgIpc) is 2.39. The molecule has 0 radical (unpaired) electrons. The molecule has 0 aliphatic heterocycles. The van der Waals surface area contributed by atoms with E-state index in [1.165, 1.54) is 0 Å². The Labute approximate surface area is 114 Å². The third-order valence-electron chi connectivity index (χ3n) is 2.56. The van der Waals surface area contributed by atoms with Crippen molar-refractivity contribution in [2.45, 2.75) is 13.8 Å². The molecular weight excluding hydrogens is 234 g/mol. The lowest BCUT2D eigenvalue weighted by Gasteiger charge is -2.09. The second-order valence-corrected chi connectivity index (χ2v) is 4.45. The Hall–Kier alpha value is -2.35. The monoisotopic (exact) mass is 251 g/mol. The molecule has 2 heteroatoms. The molecule has 2 rings (SSSR count). The van der Waals surface area contributed by atoms with Gasteiger partial charge in [0.25, 0.3) is 0 Å². The molecule has 2 aromatic carbocycles. The van der Waals surface area contributed by atoms with Crippen molar-refractivity contribution < 1.29 is 4.74 Å². The van der Waals surface area contributed by atoms with Gasteiger partial charge in [-0.1, -0.05) is 36.9 Å². The van der Waals surface area contributed by atoms with Crippen molar-refractivity contribution in [3.8, 4) is 5.75 Å². The first-order valence-corrected chi connectivity index (χ1v) is 6.19. The lowest BCUT2D eigenvalue weighted by atomic mass is 10.2. The zero-order valence-corrected chi connectivity index (χ0v) is 11.3. The van der Waals surface area contributed by atoms with Gasteiger partial charge in [0.15, 0.2) is 0 Å². The van der Waals surface area contributed by atoms with Crippen molar-refractivity contribution in [1.82, 2.24) is 0 Å². The highest BCUT2D eigenvalue weighted by molar-refractivity contribution is 5.95. The molecule has 0 N–H and O–H groups in total. The summed E-state index contributed by atoms with van der Waals surface area (Å²) in [7, 11) is 0. The molecule has 0 atom stereocenters. The molecule has 0 amide bonds. The summed E-state index contributed by atoms with van der Waals surface area (Å²) in [4.78, 5) is 4.48. The molecule has 0 spiro atoms. The number of ether oxygens (including phenoxy) is 1. The normalized spacial score (nSPS) is 11.2. The highest BCUT2D eigenvalue weighted by atomic mass is 16.5. The summed E-state index contributed by atoms with van der Waals surface area (Å²) in [5.41, 5.74) is 2.80. The molecule has 2 aromatic rings. The summed E-state index contributed by atoms with van der Waals surface area (Å²) < 4.78 is 5.81. The predicted octanol–water partition coefficient (Wildman–Crippen LogP) is 4.68. The molecule has 0 fully saturated rings. The van der Waals surface area contributed by atoms with Gasteiger partial charge in [-0.05, 0) is 43.7 Å². The van der Waals surface area contributed by atoms with Gasteiger partial charge in [-0.3, -0.25) is 0 Å². The molecule has 19 heavy (non-hydrogen) atoms. The average molecular weight is 251 g/mol. The lowest BCUT2D eigenvalue weighted by molar-refractivity contribution is 0.551. The van der Waals surface area contributed by atoms with E-state index in [1.54, 1.807) is 0 Å². The summed E-state index contributed by atoms with van der Waals surface area (Å²) in [6, 6.07) is 17.6. The van der Waals surface area contributed by atoms with Crippen molar-refractivity contribution in [2.75, 3.05) is 0 Å². The van der Waals surface area contributed by atoms with Crippen molar-refractivity contribution in [3.63, 3.8) is 0 Å². The third kappa shape index (κ3) is 3.81. The first-order chi connectivity index (χ1) is 9.15. The van der Waals surface area contributed by atoms with Crippen molar-refractivity contribution in [3.05, 3.63) is 72.3 Å². The Morgan fingerprint density at radius 1 is 1.05 bits per heavy atom. The first-order valence-electron chi connectivity index (χ1n) is 6.19. The molecule has 2 nitrogen and oxygen atoms in total. The second kappa shape index (κ2) is 6.01. The van der Waals surface area contributed by atoms with E-state index in [4.69, 9.17) is 4.74 Å². The van der Waals surface area contributed by atoms with Crippen LogP contribution in [0.4, 0.5) is 5.69 Å². The molecule has 0 saturated carbocycles. The molecule has 0 heterocycles. The van der Waals surface area contributed by atoms with Gasteiger partial charge < -0.3 is 4.74 Å². The Morgan fingerprint density at radius 3 is 2.42 bits per heavy atom. The minimum absolute atomic E-state index is 0.539. The molecule has 0 unspecified atom stereocenters. The van der Waals surface area contributed by atoms with Crippen LogP contribution in [0.2, 0.25) is 0 Å². The Morgan fingerprint density at radius 2 is 1.79 bits per heavy atom. The van der Waals surface area contributed by atoms with Gasteiger partial charge in [0.2, 0.25) is 5.90 Å². The largest absolute Gasteiger partial charge is 0.439 e. The second-order valence-electron chi connectivity index (χ2n) is 4.45. The summed E-state index contributed by atoms with van der Waals surface area (Å²) in [5, 5.41) is 0. The molecule has 96 valence electrons. The summed E-state index contributed by atoms with van der Waals surface area (Å²) in [6.07, 6.45) is 0. The Bertz CT molecular complexity index is 600. The van der Waals surface area contributed by atoms with E-state index in [2.05, 4.69) is 11.6 Å².